The van der Waals surface area contributed by atoms with Gasteiger partial charge in [0.1, 0.15) is 0 Å². The molecule has 0 aromatic heterocycles. The van der Waals surface area contributed by atoms with E-state index in [0.717, 1.165) is 0 Å². The Hall–Kier alpha value is -0.650. The number of hydrogen-bond acceptors (Lipinski definition) is 4. The molecule has 0 fully saturated rings. The van der Waals surface area contributed by atoms with Crippen molar-refractivity contribution in [2.75, 3.05) is 27.4 Å². The summed E-state index contributed by atoms with van der Waals surface area (Å²) in [5.41, 5.74) is 0. The van der Waals surface area contributed by atoms with Crippen molar-refractivity contribution in [3.8, 4) is 0 Å². The number of carboxylic acids is 1. The third-order valence-corrected chi connectivity index (χ3v) is 0.972. The van der Waals surface area contributed by atoms with Crippen molar-refractivity contribution in [2.45, 2.75) is 6.29 Å². The third-order valence-electron chi connectivity index (χ3n) is 0.972. The van der Waals surface area contributed by atoms with E-state index in [1.165, 1.54) is 14.2 Å². The summed E-state index contributed by atoms with van der Waals surface area (Å²) in [7, 11) is 2.78. The van der Waals surface area contributed by atoms with Crippen LogP contribution in [-0.4, -0.2) is 44.8 Å². The first-order valence-corrected chi connectivity index (χ1v) is 3.08. The first-order valence-electron chi connectivity index (χ1n) is 3.08. The molecule has 5 heteroatoms. The third kappa shape index (κ3) is 4.72. The predicted molar refractivity (Wildman–Crippen MR) is 36.3 cm³/mol. The van der Waals surface area contributed by atoms with Crippen LogP contribution in [0.1, 0.15) is 0 Å². The van der Waals surface area contributed by atoms with Gasteiger partial charge in [-0.15, -0.1) is 0 Å². The van der Waals surface area contributed by atoms with Gasteiger partial charge in [-0.2, -0.15) is 0 Å². The van der Waals surface area contributed by atoms with E-state index in [4.69, 9.17) is 9.84 Å². The van der Waals surface area contributed by atoms with Crippen LogP contribution in [0.2, 0.25) is 0 Å². The Balaban J connectivity index is 3.44. The fraction of sp³-hybridized carbons (Fsp3) is 0.833. The van der Waals surface area contributed by atoms with E-state index in [1.807, 2.05) is 0 Å². The lowest BCUT2D eigenvalue weighted by atomic mass is 10.6. The van der Waals surface area contributed by atoms with Crippen molar-refractivity contribution < 1.29 is 24.1 Å². The molecule has 0 amide bonds. The Kier molecular flexibility index (Phi) is 5.73. The molecule has 5 nitrogen and oxygen atoms in total. The van der Waals surface area contributed by atoms with Crippen molar-refractivity contribution in [1.82, 2.24) is 0 Å². The highest BCUT2D eigenvalue weighted by molar-refractivity contribution is 5.70. The van der Waals surface area contributed by atoms with Crippen molar-refractivity contribution in [2.24, 2.45) is 0 Å². The van der Waals surface area contributed by atoms with Gasteiger partial charge in [0.25, 0.3) is 6.29 Å². The van der Waals surface area contributed by atoms with Gasteiger partial charge in [-0.3, -0.25) is 0 Å². The van der Waals surface area contributed by atoms with Gasteiger partial charge >= 0.3 is 5.97 Å². The lowest BCUT2D eigenvalue weighted by Gasteiger charge is -2.10. The molecule has 0 bridgehead atoms. The SMILES string of the molecule is COCCOC(OC)C(=O)O. The van der Waals surface area contributed by atoms with Crippen molar-refractivity contribution in [3.63, 3.8) is 0 Å². The second kappa shape index (κ2) is 6.09. The van der Waals surface area contributed by atoms with E-state index in [0.29, 0.717) is 6.61 Å². The molecule has 0 saturated carbocycles. The van der Waals surface area contributed by atoms with E-state index in [1.54, 1.807) is 0 Å². The van der Waals surface area contributed by atoms with E-state index >= 15 is 0 Å². The second-order valence-corrected chi connectivity index (χ2v) is 1.77. The van der Waals surface area contributed by atoms with Gasteiger partial charge in [-0.05, 0) is 0 Å². The van der Waals surface area contributed by atoms with Crippen LogP contribution in [0.3, 0.4) is 0 Å². The number of rotatable bonds is 6. The second-order valence-electron chi connectivity index (χ2n) is 1.77. The van der Waals surface area contributed by atoms with Crippen LogP contribution in [0, 0.1) is 0 Å². The minimum absolute atomic E-state index is 0.210. The molecule has 0 heterocycles. The highest BCUT2D eigenvalue weighted by Crippen LogP contribution is 1.92. The Labute approximate surface area is 64.9 Å². The molecule has 0 spiro atoms. The first-order chi connectivity index (χ1) is 5.22. The summed E-state index contributed by atoms with van der Waals surface area (Å²) in [5, 5.41) is 8.38. The van der Waals surface area contributed by atoms with Gasteiger partial charge in [-0.25, -0.2) is 4.79 Å². The molecule has 0 aliphatic heterocycles. The minimum Gasteiger partial charge on any atom is -0.477 e. The number of aliphatic carboxylic acids is 1. The summed E-state index contributed by atoms with van der Waals surface area (Å²) in [6.07, 6.45) is -1.19. The highest BCUT2D eigenvalue weighted by atomic mass is 16.7. The summed E-state index contributed by atoms with van der Waals surface area (Å²) in [4.78, 5) is 10.2. The lowest BCUT2D eigenvalue weighted by molar-refractivity contribution is -0.184. The van der Waals surface area contributed by atoms with Crippen LogP contribution < -0.4 is 0 Å². The minimum atomic E-state index is -1.19. The number of hydrogen-bond donors (Lipinski definition) is 1. The Morgan fingerprint density at radius 2 is 2.09 bits per heavy atom. The zero-order valence-corrected chi connectivity index (χ0v) is 6.57. The van der Waals surface area contributed by atoms with Crippen LogP contribution >= 0.6 is 0 Å². The standard InChI is InChI=1S/C6H12O5/c1-9-3-4-11-6(10-2)5(7)8/h6H,3-4H2,1-2H3,(H,7,8). The lowest BCUT2D eigenvalue weighted by Crippen LogP contribution is -2.27. The van der Waals surface area contributed by atoms with E-state index in [2.05, 4.69) is 9.47 Å². The monoisotopic (exact) mass is 164 g/mol. The average Bonchev–Trinajstić information content (AvgIpc) is 1.97. The molecule has 66 valence electrons. The molecule has 0 saturated heterocycles. The summed E-state index contributed by atoms with van der Waals surface area (Å²) >= 11 is 0. The van der Waals surface area contributed by atoms with Gasteiger partial charge < -0.3 is 19.3 Å². The molecule has 0 radical (unpaired) electrons. The number of methoxy groups -OCH3 is 2. The maximum atomic E-state index is 10.2. The molecule has 0 rings (SSSR count). The zero-order chi connectivity index (χ0) is 8.69. The van der Waals surface area contributed by atoms with Crippen LogP contribution in [0.25, 0.3) is 0 Å². The van der Waals surface area contributed by atoms with E-state index in [-0.39, 0.29) is 6.61 Å². The smallest absolute Gasteiger partial charge is 0.361 e. The first kappa shape index (κ1) is 10.3. The normalized spacial score (nSPS) is 12.9. The van der Waals surface area contributed by atoms with E-state index < -0.39 is 12.3 Å². The van der Waals surface area contributed by atoms with Gasteiger partial charge in [0, 0.05) is 14.2 Å². The van der Waals surface area contributed by atoms with Gasteiger partial charge in [-0.1, -0.05) is 0 Å². The Bertz CT molecular complexity index is 114. The molecule has 0 aromatic rings. The van der Waals surface area contributed by atoms with E-state index in [9.17, 15) is 4.79 Å². The summed E-state index contributed by atoms with van der Waals surface area (Å²) in [6.45, 7) is 0.564. The molecule has 1 atom stereocenters. The van der Waals surface area contributed by atoms with Gasteiger partial charge in [0.15, 0.2) is 0 Å². The molecule has 1 unspecified atom stereocenters. The largest absolute Gasteiger partial charge is 0.477 e. The maximum absolute atomic E-state index is 10.2. The van der Waals surface area contributed by atoms with Gasteiger partial charge in [0.05, 0.1) is 13.2 Å². The summed E-state index contributed by atoms with van der Waals surface area (Å²) < 4.78 is 13.9. The Morgan fingerprint density at radius 3 is 2.45 bits per heavy atom. The van der Waals surface area contributed by atoms with Crippen molar-refractivity contribution in [3.05, 3.63) is 0 Å². The number of ether oxygens (including phenoxy) is 3. The fourth-order valence-corrected chi connectivity index (χ4v) is 0.479. The number of carbonyl (C=O) groups is 1. The molecule has 0 aromatic carbocycles. The molecule has 0 aliphatic rings. The average molecular weight is 164 g/mol. The molecule has 11 heavy (non-hydrogen) atoms. The Morgan fingerprint density at radius 1 is 1.45 bits per heavy atom. The molecular weight excluding hydrogens is 152 g/mol. The maximum Gasteiger partial charge on any atom is 0.361 e. The molecular formula is C6H12O5. The predicted octanol–water partition coefficient (Wildman–Crippen LogP) is -0.294. The van der Waals surface area contributed by atoms with Crippen LogP contribution in [0.5, 0.6) is 0 Å². The van der Waals surface area contributed by atoms with Crippen LogP contribution in [0.15, 0.2) is 0 Å². The topological polar surface area (TPSA) is 65.0 Å². The fourth-order valence-electron chi connectivity index (χ4n) is 0.479. The quantitative estimate of drug-likeness (QED) is 0.431. The van der Waals surface area contributed by atoms with Crippen molar-refractivity contribution >= 4 is 5.97 Å². The summed E-state index contributed by atoms with van der Waals surface area (Å²) in [6, 6.07) is 0. The van der Waals surface area contributed by atoms with Crippen molar-refractivity contribution in [1.29, 1.82) is 0 Å². The van der Waals surface area contributed by atoms with Crippen LogP contribution in [0.4, 0.5) is 0 Å². The summed E-state index contributed by atoms with van der Waals surface area (Å²) in [5.74, 6) is -1.14. The number of carboxylic acid groups (broad SMARTS) is 1. The van der Waals surface area contributed by atoms with Crippen LogP contribution in [-0.2, 0) is 19.0 Å². The van der Waals surface area contributed by atoms with Gasteiger partial charge in [0.2, 0.25) is 0 Å². The molecule has 1 N–H and O–H groups in total. The zero-order valence-electron chi connectivity index (χ0n) is 6.57. The highest BCUT2D eigenvalue weighted by Gasteiger charge is 2.15. The molecule has 0 aliphatic carbocycles.